The van der Waals surface area contributed by atoms with Gasteiger partial charge in [-0.3, -0.25) is 4.79 Å². The van der Waals surface area contributed by atoms with Gasteiger partial charge in [-0.2, -0.15) is 0 Å². The third-order valence-corrected chi connectivity index (χ3v) is 1.20. The lowest BCUT2D eigenvalue weighted by molar-refractivity contribution is -0.134. The quantitative estimate of drug-likeness (QED) is 0.590. The predicted molar refractivity (Wildman–Crippen MR) is 73.7 cm³/mol. The lowest BCUT2D eigenvalue weighted by atomic mass is 10.3. The fourth-order valence-corrected chi connectivity index (χ4v) is 0.622. The van der Waals surface area contributed by atoms with Crippen LogP contribution in [-0.2, 0) is 4.79 Å². The van der Waals surface area contributed by atoms with Crippen LogP contribution in [0.25, 0.3) is 0 Å². The molecule has 0 unspecified atom stereocenters. The topological polar surface area (TPSA) is 57.5 Å². The van der Waals surface area contributed by atoms with E-state index in [0.717, 1.165) is 6.92 Å². The van der Waals surface area contributed by atoms with E-state index >= 15 is 0 Å². The zero-order valence-corrected chi connectivity index (χ0v) is 10.7. The maximum Gasteiger partial charge on any atom is 0.300 e. The first-order chi connectivity index (χ1) is 8.65. The number of carboxylic acid groups (broad SMARTS) is 1. The minimum absolute atomic E-state index is 0.196. The van der Waals surface area contributed by atoms with Crippen molar-refractivity contribution in [2.24, 2.45) is 0 Å². The van der Waals surface area contributed by atoms with Gasteiger partial charge >= 0.3 is 0 Å². The maximum atomic E-state index is 9.00. The first-order valence-electron chi connectivity index (χ1n) is 5.36. The van der Waals surface area contributed by atoms with E-state index in [1.165, 1.54) is 0 Å². The highest BCUT2D eigenvalue weighted by Crippen LogP contribution is 1.83. The van der Waals surface area contributed by atoms with Crippen molar-refractivity contribution in [3.05, 3.63) is 36.5 Å². The molecule has 0 saturated carbocycles. The Labute approximate surface area is 109 Å². The van der Waals surface area contributed by atoms with Crippen molar-refractivity contribution in [3.63, 3.8) is 0 Å². The third kappa shape index (κ3) is 29.2. The van der Waals surface area contributed by atoms with Crippen molar-refractivity contribution < 1.29 is 15.0 Å². The van der Waals surface area contributed by atoms with Crippen molar-refractivity contribution in [2.45, 2.75) is 20.3 Å². The Balaban J connectivity index is 0. The Hall–Kier alpha value is -2.23. The second kappa shape index (κ2) is 17.2. The molecule has 0 bridgehead atoms. The number of hydrogen-bond donors (Lipinski definition) is 2. The smallest absolute Gasteiger partial charge is 0.300 e. The monoisotopic (exact) mass is 246 g/mol. The molecule has 0 atom stereocenters. The molecule has 0 amide bonds. The number of aliphatic hydroxyl groups excluding tert-OH is 1. The number of aliphatic carboxylic acids is 1. The summed E-state index contributed by atoms with van der Waals surface area (Å²) >= 11 is 0. The van der Waals surface area contributed by atoms with Crippen molar-refractivity contribution in [2.75, 3.05) is 6.61 Å². The Bertz CT molecular complexity index is 402. The highest BCUT2D eigenvalue weighted by atomic mass is 16.4. The van der Waals surface area contributed by atoms with Crippen LogP contribution in [0.15, 0.2) is 36.5 Å². The summed E-state index contributed by atoms with van der Waals surface area (Å²) in [6.07, 6.45) is 11.8. The Morgan fingerprint density at radius 3 is 2.33 bits per heavy atom. The first-order valence-corrected chi connectivity index (χ1v) is 5.36. The van der Waals surface area contributed by atoms with Gasteiger partial charge in [0, 0.05) is 13.5 Å². The minimum Gasteiger partial charge on any atom is -0.481 e. The molecule has 2 N–H and O–H groups in total. The second-order valence-corrected chi connectivity index (χ2v) is 2.85. The normalized spacial score (nSPS) is 9.28. The molecule has 0 aliphatic heterocycles. The van der Waals surface area contributed by atoms with E-state index in [2.05, 4.69) is 23.7 Å². The van der Waals surface area contributed by atoms with E-state index in [0.29, 0.717) is 6.42 Å². The Morgan fingerprint density at radius 1 is 1.17 bits per heavy atom. The molecule has 0 fully saturated rings. The fourth-order valence-electron chi connectivity index (χ4n) is 0.622. The van der Waals surface area contributed by atoms with Gasteiger partial charge in [-0.05, 0) is 31.3 Å². The molecule has 3 nitrogen and oxygen atoms in total. The van der Waals surface area contributed by atoms with Crippen molar-refractivity contribution >= 4 is 5.97 Å². The van der Waals surface area contributed by atoms with Gasteiger partial charge in [0.2, 0.25) is 0 Å². The number of allylic oxidation sites excluding steroid dienone is 5. The molecule has 0 aromatic carbocycles. The zero-order chi connectivity index (χ0) is 14.1. The molecule has 0 rings (SSSR count). The summed E-state index contributed by atoms with van der Waals surface area (Å²) < 4.78 is 0. The molecule has 0 aromatic rings. The maximum absolute atomic E-state index is 9.00. The molecular formula is C15H18O3. The average Bonchev–Trinajstić information content (AvgIpc) is 2.31. The minimum atomic E-state index is -0.833. The van der Waals surface area contributed by atoms with Gasteiger partial charge in [-0.25, -0.2) is 0 Å². The summed E-state index contributed by atoms with van der Waals surface area (Å²) in [7, 11) is 0. The molecular weight excluding hydrogens is 228 g/mol. The SMILES string of the molecule is CC#CC#CC=CC=CC=CCCO.CC(=O)O. The highest BCUT2D eigenvalue weighted by molar-refractivity contribution is 5.62. The van der Waals surface area contributed by atoms with Gasteiger partial charge in [0.15, 0.2) is 0 Å². The summed E-state index contributed by atoms with van der Waals surface area (Å²) in [5.41, 5.74) is 0. The Kier molecular flexibility index (Phi) is 17.3. The van der Waals surface area contributed by atoms with Crippen LogP contribution in [0.1, 0.15) is 20.3 Å². The molecule has 0 aliphatic rings. The van der Waals surface area contributed by atoms with Gasteiger partial charge < -0.3 is 10.2 Å². The van der Waals surface area contributed by atoms with Crippen LogP contribution in [0.4, 0.5) is 0 Å². The van der Waals surface area contributed by atoms with E-state index in [1.54, 1.807) is 13.0 Å². The van der Waals surface area contributed by atoms with E-state index in [1.807, 2.05) is 30.4 Å². The van der Waals surface area contributed by atoms with Gasteiger partial charge in [-0.1, -0.05) is 42.2 Å². The Morgan fingerprint density at radius 2 is 1.78 bits per heavy atom. The summed E-state index contributed by atoms with van der Waals surface area (Å²) in [6.45, 7) is 3.03. The molecule has 0 saturated heterocycles. The summed E-state index contributed by atoms with van der Waals surface area (Å²) in [5.74, 6) is 9.92. The first kappa shape index (κ1) is 18.1. The van der Waals surface area contributed by atoms with Crippen LogP contribution in [-0.4, -0.2) is 22.8 Å². The molecule has 0 aliphatic carbocycles. The lowest BCUT2D eigenvalue weighted by Gasteiger charge is -1.79. The van der Waals surface area contributed by atoms with Crippen molar-refractivity contribution in [1.29, 1.82) is 0 Å². The third-order valence-electron chi connectivity index (χ3n) is 1.20. The van der Waals surface area contributed by atoms with Crippen LogP contribution in [0.3, 0.4) is 0 Å². The molecule has 3 heteroatoms. The average molecular weight is 246 g/mol. The molecule has 0 heterocycles. The van der Waals surface area contributed by atoms with Crippen LogP contribution in [0.2, 0.25) is 0 Å². The fraction of sp³-hybridized carbons (Fsp3) is 0.267. The molecule has 0 spiro atoms. The number of hydrogen-bond acceptors (Lipinski definition) is 2. The molecule has 96 valence electrons. The number of rotatable bonds is 4. The lowest BCUT2D eigenvalue weighted by Crippen LogP contribution is -1.78. The molecule has 0 radical (unpaired) electrons. The zero-order valence-electron chi connectivity index (χ0n) is 10.7. The highest BCUT2D eigenvalue weighted by Gasteiger charge is 1.69. The second-order valence-electron chi connectivity index (χ2n) is 2.85. The van der Waals surface area contributed by atoms with Crippen LogP contribution in [0, 0.1) is 23.7 Å². The van der Waals surface area contributed by atoms with Crippen LogP contribution >= 0.6 is 0 Å². The summed E-state index contributed by atoms with van der Waals surface area (Å²) in [5, 5.41) is 15.9. The van der Waals surface area contributed by atoms with E-state index in [9.17, 15) is 0 Å². The molecule has 0 aromatic heterocycles. The number of aliphatic hydroxyl groups is 1. The van der Waals surface area contributed by atoms with Crippen molar-refractivity contribution in [3.8, 4) is 23.7 Å². The van der Waals surface area contributed by atoms with Gasteiger partial charge in [-0.15, -0.1) is 0 Å². The van der Waals surface area contributed by atoms with Gasteiger partial charge in [0.1, 0.15) is 0 Å². The largest absolute Gasteiger partial charge is 0.481 e. The van der Waals surface area contributed by atoms with E-state index in [-0.39, 0.29) is 6.61 Å². The van der Waals surface area contributed by atoms with Crippen LogP contribution < -0.4 is 0 Å². The predicted octanol–water partition coefficient (Wildman–Crippen LogP) is 2.15. The van der Waals surface area contributed by atoms with Gasteiger partial charge in [0.25, 0.3) is 5.97 Å². The van der Waals surface area contributed by atoms with E-state index < -0.39 is 5.97 Å². The molecule has 18 heavy (non-hydrogen) atoms. The number of carboxylic acids is 1. The summed E-state index contributed by atoms with van der Waals surface area (Å²) in [4.78, 5) is 9.00. The number of carbonyl (C=O) groups is 1. The van der Waals surface area contributed by atoms with E-state index in [4.69, 9.17) is 15.0 Å². The van der Waals surface area contributed by atoms with Gasteiger partial charge in [0.05, 0.1) is 0 Å². The standard InChI is InChI=1S/C13H14O.C2H4O2/c1-2-3-4-5-6-7-8-9-10-11-12-13-14;1-2(3)4/h6-11,14H,12-13H2,1H3;1H3,(H,3,4). The van der Waals surface area contributed by atoms with Crippen LogP contribution in [0.5, 0.6) is 0 Å². The summed E-state index contributed by atoms with van der Waals surface area (Å²) in [6, 6.07) is 0. The van der Waals surface area contributed by atoms with Crippen molar-refractivity contribution in [1.82, 2.24) is 0 Å².